The Morgan fingerprint density at radius 3 is 1.94 bits per heavy atom. The van der Waals surface area contributed by atoms with Crippen molar-refractivity contribution in [2.75, 3.05) is 0 Å². The first-order valence-corrected chi connectivity index (χ1v) is 12.8. The van der Waals surface area contributed by atoms with E-state index in [0.29, 0.717) is 0 Å². The summed E-state index contributed by atoms with van der Waals surface area (Å²) in [7, 11) is 6.77. The first kappa shape index (κ1) is 17.0. The van der Waals surface area contributed by atoms with Gasteiger partial charge in [0, 0.05) is 0 Å². The quantitative estimate of drug-likeness (QED) is 0.626. The summed E-state index contributed by atoms with van der Waals surface area (Å²) in [5, 5.41) is 1.56. The maximum absolute atomic E-state index is 3.06. The molecule has 18 heavy (non-hydrogen) atoms. The molecular weight excluding hydrogens is 292 g/mol. The van der Waals surface area contributed by atoms with Gasteiger partial charge in [-0.15, -0.1) is 17.9 Å². The molecule has 0 fully saturated rings. The van der Waals surface area contributed by atoms with E-state index < -0.39 is 0 Å². The van der Waals surface area contributed by atoms with Gasteiger partial charge in [-0.3, -0.25) is 0 Å². The van der Waals surface area contributed by atoms with Crippen molar-refractivity contribution in [3.63, 3.8) is 0 Å². The van der Waals surface area contributed by atoms with Gasteiger partial charge in [-0.2, -0.15) is 0 Å². The summed E-state index contributed by atoms with van der Waals surface area (Å²) >= 11 is 0. The van der Waals surface area contributed by atoms with Gasteiger partial charge in [-0.1, -0.05) is 67.7 Å². The molecule has 4 atom stereocenters. The van der Waals surface area contributed by atoms with Crippen LogP contribution in [0, 0.1) is 0 Å². The fourth-order valence-corrected chi connectivity index (χ4v) is 6.18. The third-order valence-corrected chi connectivity index (χ3v) is 13.1. The van der Waals surface area contributed by atoms with E-state index in [1.165, 1.54) is 5.56 Å². The molecule has 0 radical (unpaired) electrons. The van der Waals surface area contributed by atoms with Gasteiger partial charge in [0.05, 0.1) is 0 Å². The molecular formula is C14H26P4. The van der Waals surface area contributed by atoms with Gasteiger partial charge >= 0.3 is 0 Å². The molecule has 0 heterocycles. The molecule has 0 saturated carbocycles. The number of rotatable bonds is 2. The molecule has 102 valence electrons. The van der Waals surface area contributed by atoms with Crippen molar-refractivity contribution in [3.05, 3.63) is 29.3 Å². The largest absolute Gasteiger partial charge is 0.109 e. The van der Waals surface area contributed by atoms with Gasteiger partial charge in [0.1, 0.15) is 0 Å². The van der Waals surface area contributed by atoms with E-state index in [2.05, 4.69) is 77.6 Å². The third kappa shape index (κ3) is 3.97. The van der Waals surface area contributed by atoms with Crippen LogP contribution < -0.4 is 5.30 Å². The van der Waals surface area contributed by atoms with Crippen molar-refractivity contribution in [2.24, 2.45) is 0 Å². The summed E-state index contributed by atoms with van der Waals surface area (Å²) in [6.45, 7) is 13.9. The average Bonchev–Trinajstić information content (AvgIpc) is 2.24. The molecule has 0 bridgehead atoms. The minimum absolute atomic E-state index is 0.114. The molecule has 0 spiro atoms. The van der Waals surface area contributed by atoms with E-state index in [9.17, 15) is 0 Å². The van der Waals surface area contributed by atoms with Gasteiger partial charge in [0.2, 0.25) is 0 Å². The van der Waals surface area contributed by atoms with Crippen LogP contribution >= 0.6 is 33.1 Å². The van der Waals surface area contributed by atoms with Gasteiger partial charge in [-0.05, 0) is 34.6 Å². The van der Waals surface area contributed by atoms with Crippen LogP contribution in [0.25, 0.3) is 0 Å². The standard InChI is InChI=1S/C14H26P4/c1-13(2,3)10-8-7-9-11(18(16)17-15)12(10)14(4,5)6/h7-9,17H,15-16H2,1-6H3. The van der Waals surface area contributed by atoms with E-state index in [1.807, 2.05) is 0 Å². The summed E-state index contributed by atoms with van der Waals surface area (Å²) in [6, 6.07) is 6.87. The Bertz CT molecular complexity index is 413. The summed E-state index contributed by atoms with van der Waals surface area (Å²) in [6.07, 6.45) is 0. The minimum Gasteiger partial charge on any atom is -0.109 e. The normalized spacial score (nSPS) is 15.3. The Labute approximate surface area is 120 Å². The van der Waals surface area contributed by atoms with Gasteiger partial charge < -0.3 is 0 Å². The summed E-state index contributed by atoms with van der Waals surface area (Å²) in [5.74, 6) is 0. The molecule has 0 aliphatic rings. The highest BCUT2D eigenvalue weighted by atomic mass is 32.6. The van der Waals surface area contributed by atoms with E-state index in [4.69, 9.17) is 0 Å². The van der Waals surface area contributed by atoms with Crippen LogP contribution in [0.5, 0.6) is 0 Å². The van der Waals surface area contributed by atoms with Gasteiger partial charge in [0.25, 0.3) is 0 Å². The van der Waals surface area contributed by atoms with Crippen molar-refractivity contribution >= 4 is 38.4 Å². The molecule has 0 saturated heterocycles. The van der Waals surface area contributed by atoms with Gasteiger partial charge in [0.15, 0.2) is 0 Å². The SMILES string of the molecule is CC(C)(C)c1cccc(P(P)PP)c1C(C)(C)C. The second-order valence-corrected chi connectivity index (χ2v) is 15.8. The summed E-state index contributed by atoms with van der Waals surface area (Å²) in [4.78, 5) is 0. The lowest BCUT2D eigenvalue weighted by Crippen LogP contribution is -2.28. The molecule has 4 heteroatoms. The molecule has 0 aliphatic heterocycles. The lowest BCUT2D eigenvalue weighted by atomic mass is 9.75. The lowest BCUT2D eigenvalue weighted by Gasteiger charge is -2.33. The fraction of sp³-hybridized carbons (Fsp3) is 0.571. The fourth-order valence-electron chi connectivity index (χ4n) is 2.22. The van der Waals surface area contributed by atoms with Crippen molar-refractivity contribution < 1.29 is 0 Å². The van der Waals surface area contributed by atoms with E-state index in [1.54, 1.807) is 10.9 Å². The van der Waals surface area contributed by atoms with Crippen LogP contribution in [0.4, 0.5) is 0 Å². The Morgan fingerprint density at radius 2 is 1.56 bits per heavy atom. The van der Waals surface area contributed by atoms with Crippen molar-refractivity contribution in [1.29, 1.82) is 0 Å². The summed E-state index contributed by atoms with van der Waals surface area (Å²) < 4.78 is 0. The molecule has 0 aromatic heterocycles. The molecule has 0 N–H and O–H groups in total. The van der Waals surface area contributed by atoms with Crippen LogP contribution in [0.2, 0.25) is 0 Å². The smallest absolute Gasteiger partial charge is 0.0118 e. The Morgan fingerprint density at radius 1 is 1.00 bits per heavy atom. The Kier molecular flexibility index (Phi) is 5.80. The first-order valence-electron chi connectivity index (χ1n) is 6.24. The third-order valence-electron chi connectivity index (χ3n) is 3.00. The van der Waals surface area contributed by atoms with Gasteiger partial charge in [-0.25, -0.2) is 0 Å². The van der Waals surface area contributed by atoms with Crippen molar-refractivity contribution in [2.45, 2.75) is 52.4 Å². The zero-order valence-corrected chi connectivity index (χ0v) is 16.5. The van der Waals surface area contributed by atoms with Crippen molar-refractivity contribution in [3.8, 4) is 0 Å². The minimum atomic E-state index is -0.114. The van der Waals surface area contributed by atoms with Crippen molar-refractivity contribution in [1.82, 2.24) is 0 Å². The maximum Gasteiger partial charge on any atom is -0.0118 e. The zero-order valence-electron chi connectivity index (χ0n) is 12.3. The Balaban J connectivity index is 3.56. The highest BCUT2D eigenvalue weighted by Gasteiger charge is 2.28. The average molecular weight is 318 g/mol. The number of hydrogen-bond donors (Lipinski definition) is 0. The van der Waals surface area contributed by atoms with E-state index in [0.717, 1.165) is 7.96 Å². The van der Waals surface area contributed by atoms with Crippen LogP contribution in [-0.4, -0.2) is 0 Å². The monoisotopic (exact) mass is 318 g/mol. The predicted octanol–water partition coefficient (Wildman–Crippen LogP) is 5.56. The molecule has 4 unspecified atom stereocenters. The van der Waals surface area contributed by atoms with Crippen LogP contribution in [0.3, 0.4) is 0 Å². The lowest BCUT2D eigenvalue weighted by molar-refractivity contribution is 0.533. The highest BCUT2D eigenvalue weighted by molar-refractivity contribution is 8.63. The predicted molar refractivity (Wildman–Crippen MR) is 98.1 cm³/mol. The van der Waals surface area contributed by atoms with E-state index >= 15 is 0 Å². The molecule has 0 amide bonds. The second kappa shape index (κ2) is 6.15. The number of benzene rings is 1. The van der Waals surface area contributed by atoms with E-state index in [-0.39, 0.29) is 18.1 Å². The zero-order chi connectivity index (χ0) is 14.1. The number of hydrogen-bond acceptors (Lipinski definition) is 0. The molecule has 1 aromatic carbocycles. The highest BCUT2D eigenvalue weighted by Crippen LogP contribution is 2.65. The Hall–Kier alpha value is 0.940. The van der Waals surface area contributed by atoms with Crippen LogP contribution in [-0.2, 0) is 10.8 Å². The second-order valence-electron chi connectivity index (χ2n) is 6.70. The van der Waals surface area contributed by atoms with Crippen LogP contribution in [0.15, 0.2) is 18.2 Å². The van der Waals surface area contributed by atoms with Crippen LogP contribution in [0.1, 0.15) is 52.7 Å². The topological polar surface area (TPSA) is 0 Å². The molecule has 1 aromatic rings. The first-order chi connectivity index (χ1) is 8.09. The molecule has 0 nitrogen and oxygen atoms in total. The molecule has 0 aliphatic carbocycles. The summed E-state index contributed by atoms with van der Waals surface area (Å²) in [5.41, 5.74) is 3.49. The maximum atomic E-state index is 3.06. The molecule has 1 rings (SSSR count).